The molecule has 0 saturated carbocycles. The Balaban J connectivity index is 2.90. The number of hydrogen-bond acceptors (Lipinski definition) is 2. The number of hydrogen-bond donors (Lipinski definition) is 2. The number of carboxylic acid groups (broad SMARTS) is 1. The lowest BCUT2D eigenvalue weighted by atomic mass is 9.99. The Morgan fingerprint density at radius 2 is 2.29 bits per heavy atom. The van der Waals surface area contributed by atoms with Crippen LogP contribution in [0.15, 0.2) is 18.2 Å². The number of nitrogens with two attached hydrogens (primary N) is 1. The average Bonchev–Trinajstić information content (AvgIpc) is 2.01. The van der Waals surface area contributed by atoms with E-state index in [4.69, 9.17) is 10.8 Å². The zero-order valence-corrected chi connectivity index (χ0v) is 7.83. The van der Waals surface area contributed by atoms with Gasteiger partial charge < -0.3 is 10.8 Å². The van der Waals surface area contributed by atoms with E-state index in [0.717, 1.165) is 0 Å². The van der Waals surface area contributed by atoms with Crippen molar-refractivity contribution in [3.63, 3.8) is 0 Å². The third-order valence-corrected chi connectivity index (χ3v) is 2.03. The molecule has 0 bridgehead atoms. The molecule has 3 N–H and O–H groups in total. The van der Waals surface area contributed by atoms with E-state index in [1.54, 1.807) is 6.92 Å². The molecule has 0 aliphatic rings. The standard InChI is InChI=1S/C10H12FNO2/c1-6-4-7(11)2-3-8(6)9(12)5-10(13)14/h2-4,9H,5,12H2,1H3,(H,13,14)/t9-/m1/s1. The summed E-state index contributed by atoms with van der Waals surface area (Å²) >= 11 is 0. The van der Waals surface area contributed by atoms with Crippen molar-refractivity contribution in [1.82, 2.24) is 0 Å². The summed E-state index contributed by atoms with van der Waals surface area (Å²) < 4.78 is 12.7. The minimum absolute atomic E-state index is 0.146. The van der Waals surface area contributed by atoms with Crippen molar-refractivity contribution in [3.05, 3.63) is 35.1 Å². The second kappa shape index (κ2) is 4.19. The van der Waals surface area contributed by atoms with Crippen LogP contribution < -0.4 is 5.73 Å². The number of halogens is 1. The van der Waals surface area contributed by atoms with Crippen LogP contribution >= 0.6 is 0 Å². The third-order valence-electron chi connectivity index (χ3n) is 2.03. The summed E-state index contributed by atoms with van der Waals surface area (Å²) in [6, 6.07) is 3.58. The number of rotatable bonds is 3. The zero-order chi connectivity index (χ0) is 10.7. The minimum atomic E-state index is -0.957. The molecular formula is C10H12FNO2. The SMILES string of the molecule is Cc1cc(F)ccc1[C@H](N)CC(=O)O. The van der Waals surface area contributed by atoms with Crippen molar-refractivity contribution in [2.75, 3.05) is 0 Å². The van der Waals surface area contributed by atoms with Gasteiger partial charge in [-0.25, -0.2) is 4.39 Å². The van der Waals surface area contributed by atoms with E-state index >= 15 is 0 Å². The van der Waals surface area contributed by atoms with E-state index in [2.05, 4.69) is 0 Å². The van der Waals surface area contributed by atoms with Crippen LogP contribution in [-0.2, 0) is 4.79 Å². The molecule has 0 unspecified atom stereocenters. The van der Waals surface area contributed by atoms with Crippen LogP contribution in [0.5, 0.6) is 0 Å². The highest BCUT2D eigenvalue weighted by atomic mass is 19.1. The molecule has 0 fully saturated rings. The molecular weight excluding hydrogens is 185 g/mol. The Labute approximate surface area is 81.4 Å². The van der Waals surface area contributed by atoms with E-state index < -0.39 is 12.0 Å². The molecule has 4 heteroatoms. The number of carbonyl (C=O) groups is 1. The fraction of sp³-hybridized carbons (Fsp3) is 0.300. The van der Waals surface area contributed by atoms with Crippen molar-refractivity contribution in [2.24, 2.45) is 5.73 Å². The van der Waals surface area contributed by atoms with Crippen LogP contribution in [0, 0.1) is 12.7 Å². The van der Waals surface area contributed by atoms with E-state index in [-0.39, 0.29) is 12.2 Å². The molecule has 14 heavy (non-hydrogen) atoms. The van der Waals surface area contributed by atoms with Gasteiger partial charge in [0.05, 0.1) is 6.42 Å². The lowest BCUT2D eigenvalue weighted by molar-refractivity contribution is -0.137. The largest absolute Gasteiger partial charge is 0.481 e. The van der Waals surface area contributed by atoms with Crippen LogP contribution in [-0.4, -0.2) is 11.1 Å². The first-order valence-corrected chi connectivity index (χ1v) is 4.24. The normalized spacial score (nSPS) is 12.5. The molecule has 0 radical (unpaired) electrons. The molecule has 0 aromatic heterocycles. The Morgan fingerprint density at radius 3 is 2.79 bits per heavy atom. The van der Waals surface area contributed by atoms with Gasteiger partial charge in [-0.3, -0.25) is 4.79 Å². The van der Waals surface area contributed by atoms with Crippen molar-refractivity contribution >= 4 is 5.97 Å². The first-order chi connectivity index (χ1) is 6.50. The molecule has 0 aliphatic heterocycles. The number of carboxylic acids is 1. The van der Waals surface area contributed by atoms with Crippen LogP contribution in [0.3, 0.4) is 0 Å². The van der Waals surface area contributed by atoms with Crippen LogP contribution in [0.2, 0.25) is 0 Å². The fourth-order valence-corrected chi connectivity index (χ4v) is 1.35. The molecule has 0 spiro atoms. The van der Waals surface area contributed by atoms with Crippen LogP contribution in [0.4, 0.5) is 4.39 Å². The van der Waals surface area contributed by atoms with Gasteiger partial charge in [0.2, 0.25) is 0 Å². The first kappa shape index (κ1) is 10.7. The number of aliphatic carboxylic acids is 1. The summed E-state index contributed by atoms with van der Waals surface area (Å²) in [5.74, 6) is -1.30. The van der Waals surface area contributed by atoms with Gasteiger partial charge >= 0.3 is 5.97 Å². The second-order valence-corrected chi connectivity index (χ2v) is 3.21. The van der Waals surface area contributed by atoms with Crippen LogP contribution in [0.1, 0.15) is 23.6 Å². The number of benzene rings is 1. The van der Waals surface area contributed by atoms with E-state index in [0.29, 0.717) is 11.1 Å². The Morgan fingerprint density at radius 1 is 1.64 bits per heavy atom. The summed E-state index contributed by atoms with van der Waals surface area (Å²) in [6.45, 7) is 1.71. The molecule has 1 aromatic rings. The molecule has 1 aromatic carbocycles. The van der Waals surface area contributed by atoms with Crippen molar-refractivity contribution < 1.29 is 14.3 Å². The second-order valence-electron chi connectivity index (χ2n) is 3.21. The summed E-state index contributed by atoms with van der Waals surface area (Å²) in [6.07, 6.45) is -0.146. The van der Waals surface area contributed by atoms with Gasteiger partial charge in [0.1, 0.15) is 5.82 Å². The topological polar surface area (TPSA) is 63.3 Å². The summed E-state index contributed by atoms with van der Waals surface area (Å²) in [7, 11) is 0. The van der Waals surface area contributed by atoms with Crippen molar-refractivity contribution in [2.45, 2.75) is 19.4 Å². The average molecular weight is 197 g/mol. The van der Waals surface area contributed by atoms with Gasteiger partial charge in [-0.2, -0.15) is 0 Å². The lowest BCUT2D eigenvalue weighted by Crippen LogP contribution is -2.16. The zero-order valence-electron chi connectivity index (χ0n) is 7.83. The first-order valence-electron chi connectivity index (χ1n) is 4.24. The molecule has 0 saturated heterocycles. The van der Waals surface area contributed by atoms with E-state index in [1.807, 2.05) is 0 Å². The van der Waals surface area contributed by atoms with Gasteiger partial charge in [0.15, 0.2) is 0 Å². The highest BCUT2D eigenvalue weighted by molar-refractivity contribution is 5.68. The molecule has 0 amide bonds. The smallest absolute Gasteiger partial charge is 0.305 e. The third kappa shape index (κ3) is 2.53. The highest BCUT2D eigenvalue weighted by Crippen LogP contribution is 2.19. The Bertz CT molecular complexity index is 352. The predicted molar refractivity (Wildman–Crippen MR) is 50.3 cm³/mol. The highest BCUT2D eigenvalue weighted by Gasteiger charge is 2.12. The molecule has 0 aliphatic carbocycles. The maximum Gasteiger partial charge on any atom is 0.305 e. The van der Waals surface area contributed by atoms with Gasteiger partial charge in [0, 0.05) is 6.04 Å². The monoisotopic (exact) mass is 197 g/mol. The quantitative estimate of drug-likeness (QED) is 0.773. The predicted octanol–water partition coefficient (Wildman–Crippen LogP) is 1.61. The maximum absolute atomic E-state index is 12.7. The van der Waals surface area contributed by atoms with Gasteiger partial charge in [-0.1, -0.05) is 6.07 Å². The lowest BCUT2D eigenvalue weighted by Gasteiger charge is -2.12. The molecule has 3 nitrogen and oxygen atoms in total. The van der Waals surface area contributed by atoms with Gasteiger partial charge in [-0.05, 0) is 30.2 Å². The Hall–Kier alpha value is -1.42. The summed E-state index contributed by atoms with van der Waals surface area (Å²) in [5.41, 5.74) is 7.00. The minimum Gasteiger partial charge on any atom is -0.481 e. The van der Waals surface area contributed by atoms with Gasteiger partial charge in [0.25, 0.3) is 0 Å². The van der Waals surface area contributed by atoms with Gasteiger partial charge in [-0.15, -0.1) is 0 Å². The van der Waals surface area contributed by atoms with Crippen molar-refractivity contribution in [1.29, 1.82) is 0 Å². The molecule has 0 heterocycles. The summed E-state index contributed by atoms with van der Waals surface area (Å²) in [4.78, 5) is 10.4. The fourth-order valence-electron chi connectivity index (χ4n) is 1.35. The summed E-state index contributed by atoms with van der Waals surface area (Å²) in [5, 5.41) is 8.54. The van der Waals surface area contributed by atoms with E-state index in [9.17, 15) is 9.18 Å². The maximum atomic E-state index is 12.7. The molecule has 76 valence electrons. The van der Waals surface area contributed by atoms with E-state index in [1.165, 1.54) is 18.2 Å². The van der Waals surface area contributed by atoms with Crippen LogP contribution in [0.25, 0.3) is 0 Å². The number of aryl methyl sites for hydroxylation is 1. The molecule has 1 rings (SSSR count). The Kier molecular flexibility index (Phi) is 3.19. The van der Waals surface area contributed by atoms with Crippen molar-refractivity contribution in [3.8, 4) is 0 Å². The molecule has 1 atom stereocenters.